The minimum absolute atomic E-state index is 0.171. The second kappa shape index (κ2) is 13.7. The van der Waals surface area contributed by atoms with E-state index >= 15 is 0 Å². The van der Waals surface area contributed by atoms with Gasteiger partial charge in [0, 0.05) is 22.5 Å². The standard InChI is InChI=1S/C55H41N/c1-55(2)51-33-29-42(45-35-43(38-16-7-3-8-17-38)34-44(36-45)39-18-9-4-10-19-39)37-50(51)54-49(32-28-41-20-15-25-52(55)53(41)54)40-26-30-48(31-27-40)56(46-21-11-5-12-22-46)47-23-13-6-14-24-47/h3-37H,1-2H3. The molecule has 9 aromatic rings. The van der Waals surface area contributed by atoms with Crippen molar-refractivity contribution in [1.82, 2.24) is 0 Å². The first-order valence-corrected chi connectivity index (χ1v) is 19.5. The average Bonchev–Trinajstić information content (AvgIpc) is 3.27. The largest absolute Gasteiger partial charge is 0.311 e. The van der Waals surface area contributed by atoms with E-state index in [2.05, 4.69) is 231 Å². The lowest BCUT2D eigenvalue weighted by Gasteiger charge is -2.36. The predicted octanol–water partition coefficient (Wildman–Crippen LogP) is 15.3. The maximum Gasteiger partial charge on any atom is 0.0462 e. The highest BCUT2D eigenvalue weighted by molar-refractivity contribution is 6.09. The Kier molecular flexibility index (Phi) is 8.23. The van der Waals surface area contributed by atoms with E-state index in [1.165, 1.54) is 77.5 Å². The molecule has 266 valence electrons. The molecule has 1 nitrogen and oxygen atoms in total. The monoisotopic (exact) mass is 715 g/mol. The molecule has 0 saturated carbocycles. The summed E-state index contributed by atoms with van der Waals surface area (Å²) in [5, 5.41) is 2.63. The maximum absolute atomic E-state index is 2.46. The molecule has 1 aliphatic rings. The van der Waals surface area contributed by atoms with Gasteiger partial charge in [-0.1, -0.05) is 166 Å². The van der Waals surface area contributed by atoms with Crippen molar-refractivity contribution in [2.75, 3.05) is 4.90 Å². The van der Waals surface area contributed by atoms with Crippen molar-refractivity contribution in [3.8, 4) is 55.6 Å². The fourth-order valence-electron chi connectivity index (χ4n) is 8.82. The van der Waals surface area contributed by atoms with Gasteiger partial charge in [-0.05, 0) is 138 Å². The number of rotatable bonds is 7. The first-order chi connectivity index (χ1) is 27.5. The van der Waals surface area contributed by atoms with Gasteiger partial charge >= 0.3 is 0 Å². The summed E-state index contributed by atoms with van der Waals surface area (Å²) < 4.78 is 0. The molecule has 0 aromatic heterocycles. The highest BCUT2D eigenvalue weighted by Crippen LogP contribution is 2.53. The molecule has 9 aromatic carbocycles. The zero-order valence-corrected chi connectivity index (χ0v) is 31.7. The molecule has 0 radical (unpaired) electrons. The maximum atomic E-state index is 2.46. The summed E-state index contributed by atoms with van der Waals surface area (Å²) in [6.07, 6.45) is 0. The summed E-state index contributed by atoms with van der Waals surface area (Å²) in [4.78, 5) is 2.32. The number of benzene rings is 9. The van der Waals surface area contributed by atoms with E-state index < -0.39 is 0 Å². The molecular formula is C55H41N. The summed E-state index contributed by atoms with van der Waals surface area (Å²) in [6.45, 7) is 4.77. The van der Waals surface area contributed by atoms with Gasteiger partial charge in [-0.25, -0.2) is 0 Å². The van der Waals surface area contributed by atoms with Crippen molar-refractivity contribution in [1.29, 1.82) is 0 Å². The lowest BCUT2D eigenvalue weighted by atomic mass is 9.67. The zero-order chi connectivity index (χ0) is 37.6. The molecule has 10 rings (SSSR count). The molecule has 0 unspecified atom stereocenters. The van der Waals surface area contributed by atoms with Gasteiger partial charge in [0.25, 0.3) is 0 Å². The summed E-state index contributed by atoms with van der Waals surface area (Å²) in [7, 11) is 0. The first kappa shape index (κ1) is 33.6. The Morgan fingerprint density at radius 1 is 0.321 bits per heavy atom. The molecule has 1 heteroatoms. The third kappa shape index (κ3) is 5.81. The van der Waals surface area contributed by atoms with Crippen molar-refractivity contribution in [3.63, 3.8) is 0 Å². The van der Waals surface area contributed by atoms with Crippen LogP contribution in [0.3, 0.4) is 0 Å². The van der Waals surface area contributed by atoms with E-state index in [-0.39, 0.29) is 5.41 Å². The molecule has 0 bridgehead atoms. The Bertz CT molecular complexity index is 2740. The van der Waals surface area contributed by atoms with Gasteiger partial charge in [-0.3, -0.25) is 0 Å². The Morgan fingerprint density at radius 2 is 0.821 bits per heavy atom. The SMILES string of the molecule is CC1(C)c2ccc(-c3cc(-c4ccccc4)cc(-c4ccccc4)c3)cc2-c2c(-c3ccc(N(c4ccccc4)c4ccccc4)cc3)ccc3cccc1c23. The minimum Gasteiger partial charge on any atom is -0.311 e. The van der Waals surface area contributed by atoms with Crippen LogP contribution in [0, 0.1) is 0 Å². The van der Waals surface area contributed by atoms with Crippen LogP contribution in [-0.2, 0) is 5.41 Å². The molecule has 0 fully saturated rings. The Hall–Kier alpha value is -6.96. The number of anilines is 3. The van der Waals surface area contributed by atoms with Crippen LogP contribution >= 0.6 is 0 Å². The van der Waals surface area contributed by atoms with E-state index in [1.807, 2.05) is 0 Å². The zero-order valence-electron chi connectivity index (χ0n) is 31.7. The lowest BCUT2D eigenvalue weighted by molar-refractivity contribution is 0.645. The van der Waals surface area contributed by atoms with Crippen LogP contribution in [0.15, 0.2) is 212 Å². The molecule has 0 aliphatic heterocycles. The van der Waals surface area contributed by atoms with Gasteiger partial charge in [0.2, 0.25) is 0 Å². The van der Waals surface area contributed by atoms with E-state index in [0.29, 0.717) is 0 Å². The summed E-state index contributed by atoms with van der Waals surface area (Å²) in [5.74, 6) is 0. The molecule has 0 saturated heterocycles. The van der Waals surface area contributed by atoms with Gasteiger partial charge < -0.3 is 4.90 Å². The van der Waals surface area contributed by atoms with Crippen LogP contribution in [0.2, 0.25) is 0 Å². The fourth-order valence-corrected chi connectivity index (χ4v) is 8.82. The highest BCUT2D eigenvalue weighted by Gasteiger charge is 2.35. The molecular weight excluding hydrogens is 675 g/mol. The number of fused-ring (bicyclic) bond motifs is 2. The Labute approximate surface area is 329 Å². The van der Waals surface area contributed by atoms with Gasteiger partial charge in [-0.15, -0.1) is 0 Å². The smallest absolute Gasteiger partial charge is 0.0462 e. The number of hydrogen-bond acceptors (Lipinski definition) is 1. The minimum atomic E-state index is -0.171. The third-order valence-electron chi connectivity index (χ3n) is 11.6. The van der Waals surface area contributed by atoms with Crippen LogP contribution in [0.25, 0.3) is 66.4 Å². The first-order valence-electron chi connectivity index (χ1n) is 19.5. The second-order valence-electron chi connectivity index (χ2n) is 15.4. The van der Waals surface area contributed by atoms with Crippen molar-refractivity contribution >= 4 is 27.8 Å². The molecule has 56 heavy (non-hydrogen) atoms. The number of para-hydroxylation sites is 2. The Morgan fingerprint density at radius 3 is 1.39 bits per heavy atom. The van der Waals surface area contributed by atoms with E-state index in [9.17, 15) is 0 Å². The molecule has 0 N–H and O–H groups in total. The van der Waals surface area contributed by atoms with Crippen molar-refractivity contribution in [2.24, 2.45) is 0 Å². The van der Waals surface area contributed by atoms with Gasteiger partial charge in [0.05, 0.1) is 0 Å². The molecule has 0 atom stereocenters. The second-order valence-corrected chi connectivity index (χ2v) is 15.4. The predicted molar refractivity (Wildman–Crippen MR) is 238 cm³/mol. The van der Waals surface area contributed by atoms with Crippen LogP contribution in [0.5, 0.6) is 0 Å². The van der Waals surface area contributed by atoms with Crippen molar-refractivity contribution < 1.29 is 0 Å². The highest BCUT2D eigenvalue weighted by atomic mass is 15.1. The summed E-state index contributed by atoms with van der Waals surface area (Å²) in [5.41, 5.74) is 18.3. The Balaban J connectivity index is 1.15. The van der Waals surface area contributed by atoms with E-state index in [1.54, 1.807) is 0 Å². The third-order valence-corrected chi connectivity index (χ3v) is 11.6. The van der Waals surface area contributed by atoms with E-state index in [4.69, 9.17) is 0 Å². The van der Waals surface area contributed by atoms with Gasteiger partial charge in [0.15, 0.2) is 0 Å². The van der Waals surface area contributed by atoms with Gasteiger partial charge in [0.1, 0.15) is 0 Å². The number of hydrogen-bond donors (Lipinski definition) is 0. The topological polar surface area (TPSA) is 3.24 Å². The summed E-state index contributed by atoms with van der Waals surface area (Å²) >= 11 is 0. The molecule has 0 spiro atoms. The normalized spacial score (nSPS) is 12.6. The van der Waals surface area contributed by atoms with Gasteiger partial charge in [-0.2, -0.15) is 0 Å². The summed E-state index contributed by atoms with van der Waals surface area (Å²) in [6, 6.07) is 77.6. The van der Waals surface area contributed by atoms with E-state index in [0.717, 1.165) is 17.1 Å². The lowest BCUT2D eigenvalue weighted by Crippen LogP contribution is -2.24. The van der Waals surface area contributed by atoms with Crippen LogP contribution < -0.4 is 4.90 Å². The van der Waals surface area contributed by atoms with Crippen LogP contribution in [-0.4, -0.2) is 0 Å². The van der Waals surface area contributed by atoms with Crippen LogP contribution in [0.1, 0.15) is 25.0 Å². The number of nitrogens with zero attached hydrogens (tertiary/aromatic N) is 1. The van der Waals surface area contributed by atoms with Crippen LogP contribution in [0.4, 0.5) is 17.1 Å². The molecule has 0 amide bonds. The molecule has 1 aliphatic carbocycles. The molecule has 0 heterocycles. The van der Waals surface area contributed by atoms with Crippen molar-refractivity contribution in [2.45, 2.75) is 19.3 Å². The van der Waals surface area contributed by atoms with Crippen molar-refractivity contribution in [3.05, 3.63) is 223 Å². The fraction of sp³-hybridized carbons (Fsp3) is 0.0545. The quantitative estimate of drug-likeness (QED) is 0.159. The average molecular weight is 716 g/mol.